The first kappa shape index (κ1) is 14.8. The molecule has 2 N–H and O–H groups in total. The van der Waals surface area contributed by atoms with Gasteiger partial charge in [0.1, 0.15) is 5.15 Å². The van der Waals surface area contributed by atoms with E-state index >= 15 is 0 Å². The topological polar surface area (TPSA) is 54.4 Å². The normalized spacial score (nSPS) is 10.4. The van der Waals surface area contributed by atoms with Crippen LogP contribution in [0.1, 0.15) is 11.1 Å². The molecule has 1 aromatic carbocycles. The number of phenols is 1. The van der Waals surface area contributed by atoms with Gasteiger partial charge < -0.3 is 15.2 Å². The minimum atomic E-state index is 0.109. The molecular weight excluding hydrogens is 299 g/mol. The number of hydrogen-bond donors (Lipinski definition) is 2. The molecule has 6 heteroatoms. The molecule has 2 rings (SSSR count). The lowest BCUT2D eigenvalue weighted by Crippen LogP contribution is -2.03. The molecule has 0 spiro atoms. The SMILES string of the molecule is COc1cccc(CNc2c(C)cc(Cl)nc2Cl)c1O. The summed E-state index contributed by atoms with van der Waals surface area (Å²) < 4.78 is 5.07. The molecule has 0 amide bonds. The van der Waals surface area contributed by atoms with Crippen LogP contribution in [0.4, 0.5) is 5.69 Å². The van der Waals surface area contributed by atoms with E-state index in [1.54, 1.807) is 18.2 Å². The highest BCUT2D eigenvalue weighted by molar-refractivity contribution is 6.34. The molecule has 1 aromatic heterocycles. The third-order valence-corrected chi connectivity index (χ3v) is 3.37. The molecule has 1 heterocycles. The highest BCUT2D eigenvalue weighted by Crippen LogP contribution is 2.31. The van der Waals surface area contributed by atoms with E-state index in [4.69, 9.17) is 27.9 Å². The highest BCUT2D eigenvalue weighted by atomic mass is 35.5. The predicted molar refractivity (Wildman–Crippen MR) is 81.0 cm³/mol. The van der Waals surface area contributed by atoms with Crippen LogP contribution in [-0.2, 0) is 6.54 Å². The summed E-state index contributed by atoms with van der Waals surface area (Å²) in [6.07, 6.45) is 0. The van der Waals surface area contributed by atoms with Crippen molar-refractivity contribution in [2.45, 2.75) is 13.5 Å². The first-order valence-electron chi connectivity index (χ1n) is 5.94. The molecule has 0 aliphatic heterocycles. The Bertz CT molecular complexity index is 610. The monoisotopic (exact) mass is 312 g/mol. The van der Waals surface area contributed by atoms with Crippen LogP contribution in [-0.4, -0.2) is 17.2 Å². The van der Waals surface area contributed by atoms with Gasteiger partial charge in [-0.05, 0) is 24.6 Å². The molecule has 0 aliphatic carbocycles. The number of ether oxygens (including phenoxy) is 1. The van der Waals surface area contributed by atoms with Crippen LogP contribution in [0.3, 0.4) is 0 Å². The maximum atomic E-state index is 10.0. The molecule has 4 nitrogen and oxygen atoms in total. The van der Waals surface area contributed by atoms with Crippen molar-refractivity contribution in [1.29, 1.82) is 0 Å². The maximum Gasteiger partial charge on any atom is 0.162 e. The van der Waals surface area contributed by atoms with Crippen molar-refractivity contribution in [1.82, 2.24) is 4.98 Å². The lowest BCUT2D eigenvalue weighted by Gasteiger charge is -2.13. The largest absolute Gasteiger partial charge is 0.504 e. The zero-order chi connectivity index (χ0) is 14.7. The summed E-state index contributed by atoms with van der Waals surface area (Å²) in [5.41, 5.74) is 2.28. The summed E-state index contributed by atoms with van der Waals surface area (Å²) in [7, 11) is 1.51. The first-order chi connectivity index (χ1) is 9.52. The molecule has 0 unspecified atom stereocenters. The number of phenolic OH excluding ortho intramolecular Hbond substituents is 1. The molecule has 0 atom stereocenters. The summed E-state index contributed by atoms with van der Waals surface area (Å²) >= 11 is 11.9. The molecule has 2 aromatic rings. The Morgan fingerprint density at radius 3 is 2.75 bits per heavy atom. The second-order valence-electron chi connectivity index (χ2n) is 4.25. The van der Waals surface area contributed by atoms with Gasteiger partial charge in [0.15, 0.2) is 16.7 Å². The van der Waals surface area contributed by atoms with Gasteiger partial charge in [-0.25, -0.2) is 4.98 Å². The fourth-order valence-corrected chi connectivity index (χ4v) is 2.46. The maximum absolute atomic E-state index is 10.0. The van der Waals surface area contributed by atoms with Crippen molar-refractivity contribution in [2.75, 3.05) is 12.4 Å². The van der Waals surface area contributed by atoms with Crippen molar-refractivity contribution >= 4 is 28.9 Å². The van der Waals surface area contributed by atoms with Gasteiger partial charge in [0.25, 0.3) is 0 Å². The molecule has 106 valence electrons. The third kappa shape index (κ3) is 3.08. The summed E-state index contributed by atoms with van der Waals surface area (Å²) in [5, 5.41) is 13.8. The number of aromatic nitrogens is 1. The number of nitrogens with zero attached hydrogens (tertiary/aromatic N) is 1. The van der Waals surface area contributed by atoms with Crippen LogP contribution in [0.5, 0.6) is 11.5 Å². The summed E-state index contributed by atoms with van der Waals surface area (Å²) in [4.78, 5) is 3.98. The van der Waals surface area contributed by atoms with E-state index in [0.717, 1.165) is 5.56 Å². The minimum Gasteiger partial charge on any atom is -0.504 e. The molecule has 0 aliphatic rings. The Labute approximate surface area is 127 Å². The van der Waals surface area contributed by atoms with Crippen molar-refractivity contribution in [3.8, 4) is 11.5 Å². The van der Waals surface area contributed by atoms with Crippen LogP contribution in [0, 0.1) is 6.92 Å². The van der Waals surface area contributed by atoms with E-state index in [-0.39, 0.29) is 5.75 Å². The van der Waals surface area contributed by atoms with Crippen LogP contribution >= 0.6 is 23.2 Å². The van der Waals surface area contributed by atoms with E-state index in [1.807, 2.05) is 13.0 Å². The second kappa shape index (κ2) is 6.20. The van der Waals surface area contributed by atoms with Crippen molar-refractivity contribution in [3.63, 3.8) is 0 Å². The van der Waals surface area contributed by atoms with Crippen molar-refractivity contribution < 1.29 is 9.84 Å². The second-order valence-corrected chi connectivity index (χ2v) is 4.99. The van der Waals surface area contributed by atoms with E-state index < -0.39 is 0 Å². The number of methoxy groups -OCH3 is 1. The van der Waals surface area contributed by atoms with Gasteiger partial charge in [-0.3, -0.25) is 0 Å². The molecule has 0 radical (unpaired) electrons. The molecule has 0 bridgehead atoms. The number of benzene rings is 1. The number of nitrogens with one attached hydrogen (secondary N) is 1. The average Bonchev–Trinajstić information content (AvgIpc) is 2.39. The average molecular weight is 313 g/mol. The standard InChI is InChI=1S/C14H14Cl2N2O2/c1-8-6-11(15)18-14(16)12(8)17-7-9-4-3-5-10(20-2)13(9)19/h3-6,17,19H,7H2,1-2H3. The molecular formula is C14H14Cl2N2O2. The molecule has 0 fully saturated rings. The predicted octanol–water partition coefficient (Wildman–Crippen LogP) is 4.02. The number of anilines is 1. The van der Waals surface area contributed by atoms with E-state index in [9.17, 15) is 5.11 Å². The summed E-state index contributed by atoms with van der Waals surface area (Å²) in [6, 6.07) is 7.03. The zero-order valence-electron chi connectivity index (χ0n) is 11.1. The Kier molecular flexibility index (Phi) is 4.57. The fourth-order valence-electron chi connectivity index (χ4n) is 1.87. The zero-order valence-corrected chi connectivity index (χ0v) is 12.6. The Morgan fingerprint density at radius 1 is 1.35 bits per heavy atom. The Hall–Kier alpha value is -1.65. The molecule has 0 saturated carbocycles. The van der Waals surface area contributed by atoms with Gasteiger partial charge in [0.05, 0.1) is 12.8 Å². The van der Waals surface area contributed by atoms with Crippen molar-refractivity contribution in [3.05, 3.63) is 45.7 Å². The first-order valence-corrected chi connectivity index (χ1v) is 6.70. The van der Waals surface area contributed by atoms with E-state index in [2.05, 4.69) is 10.3 Å². The fraction of sp³-hybridized carbons (Fsp3) is 0.214. The highest BCUT2D eigenvalue weighted by Gasteiger charge is 2.10. The summed E-state index contributed by atoms with van der Waals surface area (Å²) in [5.74, 6) is 0.541. The van der Waals surface area contributed by atoms with Crippen molar-refractivity contribution in [2.24, 2.45) is 0 Å². The van der Waals surface area contributed by atoms with Crippen LogP contribution in [0.15, 0.2) is 24.3 Å². The lowest BCUT2D eigenvalue weighted by atomic mass is 10.1. The smallest absolute Gasteiger partial charge is 0.162 e. The third-order valence-electron chi connectivity index (χ3n) is 2.90. The van der Waals surface area contributed by atoms with Gasteiger partial charge in [0, 0.05) is 12.1 Å². The number of hydrogen-bond acceptors (Lipinski definition) is 4. The summed E-state index contributed by atoms with van der Waals surface area (Å²) in [6.45, 7) is 2.28. The quantitative estimate of drug-likeness (QED) is 0.837. The number of pyridine rings is 1. The van der Waals surface area contributed by atoms with Crippen LogP contribution in [0.2, 0.25) is 10.3 Å². The van der Waals surface area contributed by atoms with Crippen LogP contribution < -0.4 is 10.1 Å². The Balaban J connectivity index is 2.21. The van der Waals surface area contributed by atoms with Gasteiger partial charge >= 0.3 is 0 Å². The molecule has 20 heavy (non-hydrogen) atoms. The van der Waals surface area contributed by atoms with E-state index in [1.165, 1.54) is 7.11 Å². The number of halogens is 2. The van der Waals surface area contributed by atoms with Crippen LogP contribution in [0.25, 0.3) is 0 Å². The van der Waals surface area contributed by atoms with Gasteiger partial charge in [-0.2, -0.15) is 0 Å². The number of aryl methyl sites for hydroxylation is 1. The minimum absolute atomic E-state index is 0.109. The number of para-hydroxylation sites is 1. The number of rotatable bonds is 4. The van der Waals surface area contributed by atoms with Gasteiger partial charge in [0.2, 0.25) is 0 Å². The molecule has 0 saturated heterocycles. The lowest BCUT2D eigenvalue weighted by molar-refractivity contribution is 0.371. The Morgan fingerprint density at radius 2 is 2.10 bits per heavy atom. The van der Waals surface area contributed by atoms with Gasteiger partial charge in [-0.1, -0.05) is 35.3 Å². The van der Waals surface area contributed by atoms with Gasteiger partial charge in [-0.15, -0.1) is 0 Å². The number of aromatic hydroxyl groups is 1. The van der Waals surface area contributed by atoms with E-state index in [0.29, 0.717) is 33.9 Å².